The van der Waals surface area contributed by atoms with Crippen LogP contribution in [0.3, 0.4) is 0 Å². The lowest BCUT2D eigenvalue weighted by molar-refractivity contribution is -0.113. The molecule has 0 radical (unpaired) electrons. The van der Waals surface area contributed by atoms with Crippen molar-refractivity contribution in [3.8, 4) is 0 Å². The molecule has 160 valence electrons. The molecule has 0 spiro atoms. The van der Waals surface area contributed by atoms with E-state index in [-0.39, 0.29) is 17.6 Å². The number of carbonyl (C=O) groups is 2. The summed E-state index contributed by atoms with van der Waals surface area (Å²) < 4.78 is 15.1. The van der Waals surface area contributed by atoms with Crippen LogP contribution < -0.4 is 10.6 Å². The molecular formula is C22H22FN5O2S. The summed E-state index contributed by atoms with van der Waals surface area (Å²) in [4.78, 5) is 24.7. The second kappa shape index (κ2) is 10.5. The molecule has 1 atom stereocenters. The molecule has 0 saturated carbocycles. The van der Waals surface area contributed by atoms with Crippen molar-refractivity contribution >= 4 is 29.3 Å². The first-order valence-electron chi connectivity index (χ1n) is 9.56. The average Bonchev–Trinajstić information content (AvgIpc) is 3.16. The number of nitrogens with zero attached hydrogens (tertiary/aromatic N) is 3. The molecule has 0 aliphatic rings. The summed E-state index contributed by atoms with van der Waals surface area (Å²) in [6.45, 7) is 5.99. The second-order valence-corrected chi connectivity index (χ2v) is 7.59. The van der Waals surface area contributed by atoms with E-state index < -0.39 is 11.9 Å². The van der Waals surface area contributed by atoms with Gasteiger partial charge in [0.2, 0.25) is 5.91 Å². The molecule has 0 fully saturated rings. The highest BCUT2D eigenvalue weighted by Crippen LogP contribution is 2.21. The summed E-state index contributed by atoms with van der Waals surface area (Å²) >= 11 is 1.20. The van der Waals surface area contributed by atoms with Crippen molar-refractivity contribution < 1.29 is 14.0 Å². The van der Waals surface area contributed by atoms with Crippen LogP contribution in [0.5, 0.6) is 0 Å². The van der Waals surface area contributed by atoms with Crippen LogP contribution in [0.2, 0.25) is 0 Å². The molecular weight excluding hydrogens is 417 g/mol. The zero-order valence-electron chi connectivity index (χ0n) is 16.9. The van der Waals surface area contributed by atoms with Crippen LogP contribution in [0.15, 0.2) is 72.4 Å². The van der Waals surface area contributed by atoms with Gasteiger partial charge in [0.05, 0.1) is 11.8 Å². The number of aromatic nitrogens is 3. The smallest absolute Gasteiger partial charge is 0.251 e. The number of benzene rings is 2. The van der Waals surface area contributed by atoms with E-state index in [1.54, 1.807) is 41.0 Å². The maximum Gasteiger partial charge on any atom is 0.251 e. The molecule has 9 heteroatoms. The van der Waals surface area contributed by atoms with Gasteiger partial charge in [-0.05, 0) is 37.3 Å². The maximum atomic E-state index is 13.3. The van der Waals surface area contributed by atoms with E-state index in [9.17, 15) is 14.0 Å². The van der Waals surface area contributed by atoms with E-state index in [4.69, 9.17) is 0 Å². The summed E-state index contributed by atoms with van der Waals surface area (Å²) in [7, 11) is 0. The lowest BCUT2D eigenvalue weighted by Crippen LogP contribution is -2.28. The normalized spacial score (nSPS) is 11.5. The van der Waals surface area contributed by atoms with Crippen LogP contribution in [0.25, 0.3) is 0 Å². The number of thioether (sulfide) groups is 1. The molecule has 0 saturated heterocycles. The quantitative estimate of drug-likeness (QED) is 0.391. The summed E-state index contributed by atoms with van der Waals surface area (Å²) in [6.07, 6.45) is 1.69. The molecule has 1 unspecified atom stereocenters. The van der Waals surface area contributed by atoms with Gasteiger partial charge in [-0.3, -0.25) is 9.59 Å². The molecule has 0 bridgehead atoms. The van der Waals surface area contributed by atoms with Gasteiger partial charge >= 0.3 is 0 Å². The van der Waals surface area contributed by atoms with E-state index in [1.165, 1.54) is 30.0 Å². The lowest BCUT2D eigenvalue weighted by Gasteiger charge is -2.15. The Bertz CT molecular complexity index is 1070. The highest BCUT2D eigenvalue weighted by atomic mass is 32.2. The highest BCUT2D eigenvalue weighted by molar-refractivity contribution is 7.99. The van der Waals surface area contributed by atoms with Crippen LogP contribution >= 0.6 is 11.8 Å². The number of allylic oxidation sites excluding steroid dienone is 1. The Kier molecular flexibility index (Phi) is 7.55. The van der Waals surface area contributed by atoms with E-state index in [2.05, 4.69) is 27.4 Å². The van der Waals surface area contributed by atoms with Gasteiger partial charge < -0.3 is 15.2 Å². The molecule has 0 aliphatic heterocycles. The number of rotatable bonds is 9. The second-order valence-electron chi connectivity index (χ2n) is 6.65. The molecule has 2 amide bonds. The Morgan fingerprint density at radius 3 is 2.68 bits per heavy atom. The molecule has 1 aromatic heterocycles. The van der Waals surface area contributed by atoms with Gasteiger partial charge in [-0.1, -0.05) is 42.1 Å². The molecule has 7 nitrogen and oxygen atoms in total. The first-order chi connectivity index (χ1) is 15.0. The van der Waals surface area contributed by atoms with Crippen LogP contribution in [0.1, 0.15) is 29.1 Å². The third-order valence-electron chi connectivity index (χ3n) is 4.27. The van der Waals surface area contributed by atoms with Crippen LogP contribution in [-0.2, 0) is 11.3 Å². The number of nitrogens with one attached hydrogen (secondary N) is 2. The molecule has 0 aliphatic carbocycles. The number of amides is 2. The van der Waals surface area contributed by atoms with Crippen LogP contribution in [-0.4, -0.2) is 32.3 Å². The van der Waals surface area contributed by atoms with Crippen molar-refractivity contribution in [2.24, 2.45) is 0 Å². The molecule has 31 heavy (non-hydrogen) atoms. The van der Waals surface area contributed by atoms with Crippen molar-refractivity contribution in [2.75, 3.05) is 11.1 Å². The van der Waals surface area contributed by atoms with E-state index >= 15 is 0 Å². The zero-order chi connectivity index (χ0) is 22.2. The SMILES string of the molecule is C=CCn1c(SCC(=O)Nc2cccc(F)c2)nnc1C(C)NC(=O)c1ccccc1. The number of halogens is 1. The van der Waals surface area contributed by atoms with Crippen LogP contribution in [0, 0.1) is 5.82 Å². The summed E-state index contributed by atoms with van der Waals surface area (Å²) in [6, 6.07) is 14.2. The summed E-state index contributed by atoms with van der Waals surface area (Å²) in [5.74, 6) is -0.318. The number of carbonyl (C=O) groups excluding carboxylic acids is 2. The fourth-order valence-corrected chi connectivity index (χ4v) is 3.61. The van der Waals surface area contributed by atoms with Crippen molar-refractivity contribution in [3.63, 3.8) is 0 Å². The van der Waals surface area contributed by atoms with E-state index in [1.807, 2.05) is 13.0 Å². The Hall–Kier alpha value is -3.46. The van der Waals surface area contributed by atoms with Gasteiger partial charge in [0.15, 0.2) is 11.0 Å². The molecule has 2 aromatic carbocycles. The summed E-state index contributed by atoms with van der Waals surface area (Å²) in [5, 5.41) is 14.4. The predicted octanol–water partition coefficient (Wildman–Crippen LogP) is 3.83. The Morgan fingerprint density at radius 1 is 1.19 bits per heavy atom. The monoisotopic (exact) mass is 439 g/mol. The zero-order valence-corrected chi connectivity index (χ0v) is 17.7. The van der Waals surface area contributed by atoms with Gasteiger partial charge in [-0.15, -0.1) is 16.8 Å². The van der Waals surface area contributed by atoms with Gasteiger partial charge in [-0.2, -0.15) is 0 Å². The van der Waals surface area contributed by atoms with Crippen molar-refractivity contribution in [3.05, 3.63) is 84.5 Å². The minimum absolute atomic E-state index is 0.0660. The van der Waals surface area contributed by atoms with Gasteiger partial charge in [0.1, 0.15) is 5.82 Å². The first-order valence-corrected chi connectivity index (χ1v) is 10.5. The number of hydrogen-bond acceptors (Lipinski definition) is 5. The Morgan fingerprint density at radius 2 is 1.97 bits per heavy atom. The molecule has 3 aromatic rings. The standard InChI is InChI=1S/C22H22FN5O2S/c1-3-12-28-20(15(2)24-21(30)16-8-5-4-6-9-16)26-27-22(28)31-14-19(29)25-18-11-7-10-17(23)13-18/h3-11,13,15H,1,12,14H2,2H3,(H,24,30)(H,25,29). The lowest BCUT2D eigenvalue weighted by atomic mass is 10.2. The van der Waals surface area contributed by atoms with Crippen molar-refractivity contribution in [1.82, 2.24) is 20.1 Å². The minimum atomic E-state index is -0.424. The Labute approximate surface area is 183 Å². The van der Waals surface area contributed by atoms with Gasteiger partial charge in [0, 0.05) is 17.8 Å². The molecule has 2 N–H and O–H groups in total. The highest BCUT2D eigenvalue weighted by Gasteiger charge is 2.20. The predicted molar refractivity (Wildman–Crippen MR) is 118 cm³/mol. The first kappa shape index (κ1) is 22.2. The van der Waals surface area contributed by atoms with Gasteiger partial charge in [-0.25, -0.2) is 4.39 Å². The van der Waals surface area contributed by atoms with E-state index in [0.29, 0.717) is 28.8 Å². The molecule has 3 rings (SSSR count). The number of anilines is 1. The van der Waals surface area contributed by atoms with E-state index in [0.717, 1.165) is 0 Å². The minimum Gasteiger partial charge on any atom is -0.342 e. The average molecular weight is 440 g/mol. The topological polar surface area (TPSA) is 88.9 Å². The fraction of sp³-hybridized carbons (Fsp3) is 0.182. The molecule has 1 heterocycles. The Balaban J connectivity index is 1.66. The third kappa shape index (κ3) is 6.02. The van der Waals surface area contributed by atoms with Gasteiger partial charge in [0.25, 0.3) is 5.91 Å². The fourth-order valence-electron chi connectivity index (χ4n) is 2.86. The summed E-state index contributed by atoms with van der Waals surface area (Å²) in [5.41, 5.74) is 0.934. The van der Waals surface area contributed by atoms with Crippen molar-refractivity contribution in [2.45, 2.75) is 24.7 Å². The largest absolute Gasteiger partial charge is 0.342 e. The van der Waals surface area contributed by atoms with Crippen molar-refractivity contribution in [1.29, 1.82) is 0 Å². The number of hydrogen-bond donors (Lipinski definition) is 2. The maximum absolute atomic E-state index is 13.3. The third-order valence-corrected chi connectivity index (χ3v) is 5.24. The van der Waals surface area contributed by atoms with Crippen LogP contribution in [0.4, 0.5) is 10.1 Å².